The highest BCUT2D eigenvalue weighted by molar-refractivity contribution is 5.89. The zero-order valence-corrected chi connectivity index (χ0v) is 17.7. The number of imidazole rings is 1. The number of esters is 1. The minimum Gasteiger partial charge on any atom is -0.469 e. The van der Waals surface area contributed by atoms with Gasteiger partial charge in [-0.05, 0) is 31.9 Å². The average Bonchev–Trinajstić information content (AvgIpc) is 3.36. The lowest BCUT2D eigenvalue weighted by Gasteiger charge is -2.27. The van der Waals surface area contributed by atoms with E-state index in [-0.39, 0.29) is 35.6 Å². The second kappa shape index (κ2) is 7.51. The predicted molar refractivity (Wildman–Crippen MR) is 115 cm³/mol. The summed E-state index contributed by atoms with van der Waals surface area (Å²) < 4.78 is 22.5. The Morgan fingerprint density at radius 3 is 2.77 bits per heavy atom. The molecule has 1 fully saturated rings. The van der Waals surface area contributed by atoms with E-state index in [0.717, 1.165) is 31.5 Å². The van der Waals surface area contributed by atoms with Crippen LogP contribution in [0.2, 0.25) is 0 Å². The van der Waals surface area contributed by atoms with Gasteiger partial charge in [0.05, 0.1) is 19.1 Å². The number of carbonyl (C=O) groups excluding carboxylic acids is 1. The van der Waals surface area contributed by atoms with Crippen LogP contribution in [-0.2, 0) is 9.53 Å². The Morgan fingerprint density at radius 1 is 1.26 bits per heavy atom. The number of aromatic nitrogens is 3. The molecular formula is C23H26FN5O2. The molecule has 3 heterocycles. The van der Waals surface area contributed by atoms with Crippen LogP contribution in [-0.4, -0.2) is 45.4 Å². The quantitative estimate of drug-likeness (QED) is 0.761. The monoisotopic (exact) mass is 423 g/mol. The smallest absolute Gasteiger partial charge is 0.308 e. The van der Waals surface area contributed by atoms with Gasteiger partial charge in [0, 0.05) is 36.9 Å². The number of nitrogen functional groups attached to an aromatic ring is 1. The maximum Gasteiger partial charge on any atom is 0.308 e. The summed E-state index contributed by atoms with van der Waals surface area (Å²) in [4.78, 5) is 22.9. The van der Waals surface area contributed by atoms with Crippen molar-refractivity contribution in [2.24, 2.45) is 11.8 Å². The Morgan fingerprint density at radius 2 is 2.03 bits per heavy atom. The second-order valence-electron chi connectivity index (χ2n) is 8.57. The summed E-state index contributed by atoms with van der Waals surface area (Å²) in [6.07, 6.45) is 14.3. The maximum absolute atomic E-state index is 15.6. The Hall–Kier alpha value is -3.16. The first-order chi connectivity index (χ1) is 15.0. The number of hydrogen-bond acceptors (Lipinski definition) is 6. The van der Waals surface area contributed by atoms with Gasteiger partial charge in [-0.3, -0.25) is 9.20 Å². The molecule has 2 aliphatic carbocycles. The molecule has 0 bridgehead atoms. The molecule has 0 saturated heterocycles. The second-order valence-corrected chi connectivity index (χ2v) is 8.57. The number of likely N-dealkylation sites (N-methyl/N-ethyl adjacent to an activating group) is 1. The summed E-state index contributed by atoms with van der Waals surface area (Å²) in [7, 11) is 3.31. The summed E-state index contributed by atoms with van der Waals surface area (Å²) in [5, 5.41) is 0. The van der Waals surface area contributed by atoms with Crippen LogP contribution in [0.3, 0.4) is 0 Å². The fourth-order valence-corrected chi connectivity index (χ4v) is 5.18. The van der Waals surface area contributed by atoms with Gasteiger partial charge in [0.25, 0.3) is 0 Å². The van der Waals surface area contributed by atoms with Crippen molar-refractivity contribution in [3.63, 3.8) is 0 Å². The molecule has 2 aromatic rings. The van der Waals surface area contributed by atoms with Crippen molar-refractivity contribution in [2.75, 3.05) is 19.9 Å². The zero-order chi connectivity index (χ0) is 21.7. The van der Waals surface area contributed by atoms with Gasteiger partial charge in [-0.25, -0.2) is 14.4 Å². The van der Waals surface area contributed by atoms with Crippen molar-refractivity contribution in [2.45, 2.75) is 37.6 Å². The van der Waals surface area contributed by atoms with E-state index in [1.54, 1.807) is 6.20 Å². The molecule has 2 unspecified atom stereocenters. The van der Waals surface area contributed by atoms with E-state index in [0.29, 0.717) is 22.6 Å². The fraction of sp³-hybridized carbons (Fsp3) is 0.435. The SMILES string of the molecule is COC(=O)C1CCC(c2nc(C3=C(F)C4C(C=C3)C=CN4C)c3c(N)nccn23)CC1. The molecule has 3 aliphatic rings. The van der Waals surface area contributed by atoms with Gasteiger partial charge in [0.2, 0.25) is 0 Å². The number of ether oxygens (including phenoxy) is 1. The van der Waals surface area contributed by atoms with E-state index in [2.05, 4.69) is 4.98 Å². The number of hydrogen-bond donors (Lipinski definition) is 1. The van der Waals surface area contributed by atoms with Gasteiger partial charge in [0.1, 0.15) is 28.7 Å². The molecule has 0 spiro atoms. The number of rotatable bonds is 3. The number of fused-ring (bicyclic) bond motifs is 2. The highest BCUT2D eigenvalue weighted by Crippen LogP contribution is 2.41. The normalized spacial score (nSPS) is 27.8. The van der Waals surface area contributed by atoms with Gasteiger partial charge in [-0.15, -0.1) is 0 Å². The molecular weight excluding hydrogens is 397 g/mol. The van der Waals surface area contributed by atoms with Crippen molar-refractivity contribution in [1.82, 2.24) is 19.3 Å². The lowest BCUT2D eigenvalue weighted by Crippen LogP contribution is -2.30. The number of carbonyl (C=O) groups is 1. The number of nitrogens with two attached hydrogens (primary N) is 1. The molecule has 1 saturated carbocycles. The Balaban J connectivity index is 1.56. The summed E-state index contributed by atoms with van der Waals surface area (Å²) in [6.45, 7) is 0. The van der Waals surface area contributed by atoms with Gasteiger partial charge >= 0.3 is 5.97 Å². The molecule has 8 heteroatoms. The van der Waals surface area contributed by atoms with Crippen LogP contribution in [0.25, 0.3) is 11.1 Å². The standard InChI is InChI=1S/C23H26FN5O2/c1-28-11-9-13-7-8-16(17(24)19(13)28)18-20-21(25)26-10-12-29(20)22(27-18)14-3-5-15(6-4-14)23(30)31-2/h7-15,19H,3-6H2,1-2H3,(H2,25,26). The highest BCUT2D eigenvalue weighted by Gasteiger charge is 2.36. The Labute approximate surface area is 180 Å². The van der Waals surface area contributed by atoms with Crippen LogP contribution in [0, 0.1) is 11.8 Å². The third kappa shape index (κ3) is 3.12. The van der Waals surface area contributed by atoms with Gasteiger partial charge < -0.3 is 15.4 Å². The molecule has 0 radical (unpaired) electrons. The molecule has 162 valence electrons. The van der Waals surface area contributed by atoms with Crippen molar-refractivity contribution in [3.8, 4) is 0 Å². The first-order valence-electron chi connectivity index (χ1n) is 10.7. The van der Waals surface area contributed by atoms with Crippen molar-refractivity contribution >= 4 is 22.9 Å². The number of halogens is 1. The lowest BCUT2D eigenvalue weighted by molar-refractivity contribution is -0.146. The van der Waals surface area contributed by atoms with Crippen LogP contribution in [0.15, 0.2) is 42.6 Å². The molecule has 2 N–H and O–H groups in total. The largest absolute Gasteiger partial charge is 0.469 e. The Kier molecular flexibility index (Phi) is 4.79. The molecule has 2 atom stereocenters. The molecule has 5 rings (SSSR count). The fourth-order valence-electron chi connectivity index (χ4n) is 5.18. The van der Waals surface area contributed by atoms with E-state index in [1.807, 2.05) is 47.0 Å². The van der Waals surface area contributed by atoms with E-state index >= 15 is 4.39 Å². The minimum absolute atomic E-state index is 0.0196. The number of nitrogens with zero attached hydrogens (tertiary/aromatic N) is 4. The molecule has 0 aromatic carbocycles. The molecule has 0 amide bonds. The summed E-state index contributed by atoms with van der Waals surface area (Å²) in [6, 6.07) is -0.353. The third-order valence-corrected chi connectivity index (χ3v) is 6.84. The van der Waals surface area contributed by atoms with Crippen molar-refractivity contribution in [1.29, 1.82) is 0 Å². The molecule has 2 aromatic heterocycles. The van der Waals surface area contributed by atoms with E-state index in [9.17, 15) is 4.79 Å². The summed E-state index contributed by atoms with van der Waals surface area (Å²) in [5.41, 5.74) is 7.87. The van der Waals surface area contributed by atoms with Crippen LogP contribution < -0.4 is 5.73 Å². The minimum atomic E-state index is -0.353. The predicted octanol–water partition coefficient (Wildman–Crippen LogP) is 3.45. The number of methoxy groups -OCH3 is 1. The average molecular weight is 423 g/mol. The van der Waals surface area contributed by atoms with Crippen LogP contribution in [0.1, 0.15) is 43.1 Å². The lowest BCUT2D eigenvalue weighted by atomic mass is 9.81. The van der Waals surface area contributed by atoms with E-state index < -0.39 is 0 Å². The van der Waals surface area contributed by atoms with E-state index in [4.69, 9.17) is 15.5 Å². The topological polar surface area (TPSA) is 85.8 Å². The molecule has 31 heavy (non-hydrogen) atoms. The maximum atomic E-state index is 15.6. The van der Waals surface area contributed by atoms with Crippen LogP contribution in [0.5, 0.6) is 0 Å². The first kappa shape index (κ1) is 19.8. The Bertz CT molecular complexity index is 1130. The van der Waals surface area contributed by atoms with Gasteiger partial charge in [-0.1, -0.05) is 18.2 Å². The number of anilines is 1. The van der Waals surface area contributed by atoms with Crippen LogP contribution in [0.4, 0.5) is 10.2 Å². The zero-order valence-electron chi connectivity index (χ0n) is 17.7. The summed E-state index contributed by atoms with van der Waals surface area (Å²) in [5.74, 6) is 0.926. The van der Waals surface area contributed by atoms with Crippen LogP contribution >= 0.6 is 0 Å². The first-order valence-corrected chi connectivity index (χ1v) is 10.7. The van der Waals surface area contributed by atoms with Crippen molar-refractivity contribution in [3.05, 3.63) is 54.2 Å². The molecule has 7 nitrogen and oxygen atoms in total. The third-order valence-electron chi connectivity index (χ3n) is 6.84. The summed E-state index contributed by atoms with van der Waals surface area (Å²) >= 11 is 0. The van der Waals surface area contributed by atoms with E-state index in [1.165, 1.54) is 7.11 Å². The van der Waals surface area contributed by atoms with Gasteiger partial charge in [-0.2, -0.15) is 0 Å². The number of allylic oxidation sites excluding steroid dienone is 2. The van der Waals surface area contributed by atoms with Crippen molar-refractivity contribution < 1.29 is 13.9 Å². The molecule has 1 aliphatic heterocycles. The van der Waals surface area contributed by atoms with Gasteiger partial charge in [0.15, 0.2) is 0 Å². The highest BCUT2D eigenvalue weighted by atomic mass is 19.1.